The number of hydrogen-bond acceptors (Lipinski definition) is 3. The van der Waals surface area contributed by atoms with Gasteiger partial charge in [0, 0.05) is 21.2 Å². The van der Waals surface area contributed by atoms with Crippen molar-refractivity contribution in [1.29, 1.82) is 5.41 Å². The minimum absolute atomic E-state index is 0.0246. The van der Waals surface area contributed by atoms with E-state index in [0.717, 1.165) is 53.0 Å². The first-order valence-electron chi connectivity index (χ1n) is 9.63. The average Bonchev–Trinajstić information content (AvgIpc) is 2.81. The maximum absolute atomic E-state index is 12.8. The number of oxime groups is 1. The molecular weight excluding hydrogens is 542 g/mol. The third-order valence-electron chi connectivity index (χ3n) is 4.53. The van der Waals surface area contributed by atoms with Gasteiger partial charge in [0.05, 0.1) is 11.1 Å². The van der Waals surface area contributed by atoms with Crippen molar-refractivity contribution in [2.24, 2.45) is 15.9 Å². The minimum atomic E-state index is -4.53. The van der Waals surface area contributed by atoms with E-state index in [9.17, 15) is 26.3 Å². The molecule has 182 valence electrons. The van der Waals surface area contributed by atoms with Gasteiger partial charge in [0.15, 0.2) is 0 Å². The number of amidine groups is 2. The molecule has 3 rings (SSSR count). The molecule has 5 nitrogen and oxygen atoms in total. The molecule has 0 aliphatic rings. The molecule has 0 spiro atoms. The molecule has 3 aromatic carbocycles. The maximum Gasteiger partial charge on any atom is 0.416 e. The van der Waals surface area contributed by atoms with Gasteiger partial charge in [-0.1, -0.05) is 33.2 Å². The highest BCUT2D eigenvalue weighted by molar-refractivity contribution is 9.10. The Morgan fingerprint density at radius 2 is 1.14 bits per heavy atom. The smallest absolute Gasteiger partial charge is 0.383 e. The van der Waals surface area contributed by atoms with Crippen molar-refractivity contribution in [2.45, 2.75) is 12.4 Å². The van der Waals surface area contributed by atoms with E-state index in [1.807, 2.05) is 0 Å². The van der Waals surface area contributed by atoms with Gasteiger partial charge in [0.25, 0.3) is 0 Å². The van der Waals surface area contributed by atoms with Crippen LogP contribution in [0.5, 0.6) is 0 Å². The second kappa shape index (κ2) is 10.3. The third kappa shape index (κ3) is 6.92. The monoisotopic (exact) mass is 556 g/mol. The Kier molecular flexibility index (Phi) is 7.64. The summed E-state index contributed by atoms with van der Waals surface area (Å²) in [5, 5.41) is 11.8. The topological polar surface area (TPSA) is 83.8 Å². The largest absolute Gasteiger partial charge is 0.416 e. The first-order chi connectivity index (χ1) is 16.3. The van der Waals surface area contributed by atoms with Crippen molar-refractivity contribution in [3.05, 3.63) is 105 Å². The molecule has 0 unspecified atom stereocenters. The van der Waals surface area contributed by atoms with Crippen LogP contribution < -0.4 is 5.73 Å². The molecule has 0 aliphatic heterocycles. The number of nitrogens with two attached hydrogens (primary N) is 1. The number of rotatable bonds is 4. The first kappa shape index (κ1) is 25.9. The summed E-state index contributed by atoms with van der Waals surface area (Å²) in [6, 6.07) is 14.2. The number of halogens is 7. The van der Waals surface area contributed by atoms with Crippen LogP contribution >= 0.6 is 15.9 Å². The number of nitrogens with one attached hydrogen (secondary N) is 1. The third-order valence-corrected chi connectivity index (χ3v) is 5.06. The summed E-state index contributed by atoms with van der Waals surface area (Å²) in [6.07, 6.45) is -9.04. The summed E-state index contributed by atoms with van der Waals surface area (Å²) >= 11 is 3.28. The SMILES string of the molecule is N=C(O/N=C(/N=C(N)c1ccc(C(F)(F)F)cc1)c1ccc(Br)cc1)c1ccc(C(F)(F)F)cc1. The van der Waals surface area contributed by atoms with Gasteiger partial charge in [-0.25, -0.2) is 4.99 Å². The minimum Gasteiger partial charge on any atom is -0.383 e. The van der Waals surface area contributed by atoms with Crippen molar-refractivity contribution in [2.75, 3.05) is 0 Å². The molecule has 0 aliphatic carbocycles. The number of aliphatic imine (C=N–C) groups is 1. The second-order valence-corrected chi connectivity index (χ2v) is 7.91. The molecule has 0 amide bonds. The summed E-state index contributed by atoms with van der Waals surface area (Å²) in [7, 11) is 0. The van der Waals surface area contributed by atoms with Crippen molar-refractivity contribution in [3.8, 4) is 0 Å². The highest BCUT2D eigenvalue weighted by Crippen LogP contribution is 2.30. The Bertz CT molecular complexity index is 1250. The molecule has 0 aromatic heterocycles. The van der Waals surface area contributed by atoms with Crippen molar-refractivity contribution >= 4 is 33.5 Å². The van der Waals surface area contributed by atoms with E-state index < -0.39 is 29.4 Å². The lowest BCUT2D eigenvalue weighted by atomic mass is 10.1. The molecular formula is C23H15BrF6N4O. The normalized spacial score (nSPS) is 13.0. The van der Waals surface area contributed by atoms with Gasteiger partial charge in [-0.2, -0.15) is 26.3 Å². The Morgan fingerprint density at radius 3 is 1.60 bits per heavy atom. The molecule has 3 aromatic rings. The molecule has 0 radical (unpaired) electrons. The van der Waals surface area contributed by atoms with Gasteiger partial charge in [-0.05, 0) is 60.7 Å². The van der Waals surface area contributed by atoms with E-state index in [1.54, 1.807) is 24.3 Å². The summed E-state index contributed by atoms with van der Waals surface area (Å²) in [5.74, 6) is -0.853. The second-order valence-electron chi connectivity index (χ2n) is 6.99. The zero-order valence-electron chi connectivity index (χ0n) is 17.5. The lowest BCUT2D eigenvalue weighted by Crippen LogP contribution is -2.17. The molecule has 3 N–H and O–H groups in total. The van der Waals surface area contributed by atoms with Crippen LogP contribution in [0.1, 0.15) is 27.8 Å². The van der Waals surface area contributed by atoms with Gasteiger partial charge < -0.3 is 10.6 Å². The van der Waals surface area contributed by atoms with Gasteiger partial charge in [-0.3, -0.25) is 5.41 Å². The predicted molar refractivity (Wildman–Crippen MR) is 122 cm³/mol. The average molecular weight is 557 g/mol. The highest BCUT2D eigenvalue weighted by atomic mass is 79.9. The van der Waals surface area contributed by atoms with Gasteiger partial charge >= 0.3 is 12.4 Å². The van der Waals surface area contributed by atoms with Crippen LogP contribution in [0.3, 0.4) is 0 Å². The fraction of sp³-hybridized carbons (Fsp3) is 0.0870. The van der Waals surface area contributed by atoms with Crippen LogP contribution in [-0.2, 0) is 17.2 Å². The van der Waals surface area contributed by atoms with Crippen LogP contribution in [-0.4, -0.2) is 17.6 Å². The molecule has 35 heavy (non-hydrogen) atoms. The Morgan fingerprint density at radius 1 is 0.714 bits per heavy atom. The van der Waals surface area contributed by atoms with Crippen molar-refractivity contribution in [3.63, 3.8) is 0 Å². The Balaban J connectivity index is 1.89. The zero-order chi connectivity index (χ0) is 25.8. The Labute approximate surface area is 203 Å². The van der Waals surface area contributed by atoms with Crippen LogP contribution in [0.15, 0.2) is 87.4 Å². The van der Waals surface area contributed by atoms with Crippen LogP contribution in [0.4, 0.5) is 26.3 Å². The van der Waals surface area contributed by atoms with E-state index in [0.29, 0.717) is 5.56 Å². The summed E-state index contributed by atoms with van der Waals surface area (Å²) in [4.78, 5) is 9.20. The van der Waals surface area contributed by atoms with E-state index in [4.69, 9.17) is 16.0 Å². The lowest BCUT2D eigenvalue weighted by molar-refractivity contribution is -0.138. The molecule has 0 heterocycles. The lowest BCUT2D eigenvalue weighted by Gasteiger charge is -2.09. The van der Waals surface area contributed by atoms with Gasteiger partial charge in [0.2, 0.25) is 11.7 Å². The number of hydrogen-bond donors (Lipinski definition) is 2. The predicted octanol–water partition coefficient (Wildman–Crippen LogP) is 6.60. The number of benzene rings is 3. The molecule has 0 atom stereocenters. The fourth-order valence-corrected chi connectivity index (χ4v) is 2.96. The number of nitrogens with zero attached hydrogens (tertiary/aromatic N) is 2. The van der Waals surface area contributed by atoms with Crippen LogP contribution in [0.25, 0.3) is 0 Å². The van der Waals surface area contributed by atoms with Gasteiger partial charge in [0.1, 0.15) is 5.84 Å². The summed E-state index contributed by atoms with van der Waals surface area (Å²) in [6.45, 7) is 0. The Hall–Kier alpha value is -3.67. The van der Waals surface area contributed by atoms with E-state index in [-0.39, 0.29) is 22.8 Å². The zero-order valence-corrected chi connectivity index (χ0v) is 19.0. The maximum atomic E-state index is 12.8. The highest BCUT2D eigenvalue weighted by Gasteiger charge is 2.31. The molecule has 12 heteroatoms. The van der Waals surface area contributed by atoms with Crippen LogP contribution in [0.2, 0.25) is 0 Å². The molecule has 0 saturated carbocycles. The van der Waals surface area contributed by atoms with Crippen LogP contribution in [0, 0.1) is 5.41 Å². The first-order valence-corrected chi connectivity index (χ1v) is 10.4. The van der Waals surface area contributed by atoms with Crippen molar-refractivity contribution < 1.29 is 31.2 Å². The van der Waals surface area contributed by atoms with E-state index in [1.165, 1.54) is 0 Å². The number of alkyl halides is 6. The summed E-state index contributed by atoms with van der Waals surface area (Å²) in [5.41, 5.74) is 4.81. The molecule has 0 bridgehead atoms. The van der Waals surface area contributed by atoms with E-state index >= 15 is 0 Å². The van der Waals surface area contributed by atoms with Crippen molar-refractivity contribution in [1.82, 2.24) is 0 Å². The van der Waals surface area contributed by atoms with Gasteiger partial charge in [-0.15, -0.1) is 0 Å². The fourth-order valence-electron chi connectivity index (χ4n) is 2.70. The van der Waals surface area contributed by atoms with E-state index in [2.05, 4.69) is 26.1 Å². The molecule has 0 fully saturated rings. The standard InChI is InChI=1S/C23H15BrF6N4O/c24-18-11-5-15(6-12-18)21(33-19(31)13-1-7-16(8-2-13)22(25,26)27)34-35-20(32)14-3-9-17(10-4-14)23(28,29)30/h1-12,32H,(H2,31,33,34). The molecule has 0 saturated heterocycles. The quantitative estimate of drug-likeness (QED) is 0.164. The summed E-state index contributed by atoms with van der Waals surface area (Å²) < 4.78 is 77.4.